The second kappa shape index (κ2) is 5.02. The van der Waals surface area contributed by atoms with Gasteiger partial charge in [0.25, 0.3) is 15.6 Å². The first-order valence-corrected chi connectivity index (χ1v) is 7.08. The van der Waals surface area contributed by atoms with Gasteiger partial charge in [-0.05, 0) is 24.6 Å². The summed E-state index contributed by atoms with van der Waals surface area (Å²) in [5.74, 6) is 0.188. The van der Waals surface area contributed by atoms with E-state index >= 15 is 0 Å². The van der Waals surface area contributed by atoms with Crippen LogP contribution in [0.2, 0.25) is 5.02 Å². The molecule has 0 unspecified atom stereocenters. The summed E-state index contributed by atoms with van der Waals surface area (Å²) in [6, 6.07) is 4.35. The van der Waals surface area contributed by atoms with Gasteiger partial charge in [0.1, 0.15) is 15.7 Å². The van der Waals surface area contributed by atoms with E-state index in [0.29, 0.717) is 0 Å². The maximum absolute atomic E-state index is 12.0. The molecule has 2 aromatic heterocycles. The fraction of sp³-hybridized carbons (Fsp3) is 0.0909. The van der Waals surface area contributed by atoms with Crippen molar-refractivity contribution in [3.05, 3.63) is 51.5 Å². The lowest BCUT2D eigenvalue weighted by atomic mass is 10.3. The standard InChI is InChI=1S/C11H10ClN3O3S/c1-7-2-3-10(13-5-7)15-19(17,18)8-4-9(12)11(16)14-6-8/h2-6H,1H3,(H,13,15)(H,14,16). The van der Waals surface area contributed by atoms with Crippen molar-refractivity contribution in [1.82, 2.24) is 9.97 Å². The predicted octanol–water partition coefficient (Wildman–Crippen LogP) is 1.53. The Balaban J connectivity index is 2.34. The quantitative estimate of drug-likeness (QED) is 0.899. The number of sulfonamides is 1. The maximum atomic E-state index is 12.0. The minimum atomic E-state index is -3.83. The van der Waals surface area contributed by atoms with Gasteiger partial charge in [0.15, 0.2) is 0 Å². The minimum Gasteiger partial charge on any atom is -0.326 e. The van der Waals surface area contributed by atoms with E-state index in [0.717, 1.165) is 17.8 Å². The van der Waals surface area contributed by atoms with Crippen molar-refractivity contribution < 1.29 is 8.42 Å². The minimum absolute atomic E-state index is 0.139. The van der Waals surface area contributed by atoms with Crippen LogP contribution in [0.3, 0.4) is 0 Å². The summed E-state index contributed by atoms with van der Waals surface area (Å²) >= 11 is 5.59. The number of aryl methyl sites for hydroxylation is 1. The number of anilines is 1. The highest BCUT2D eigenvalue weighted by Gasteiger charge is 2.16. The smallest absolute Gasteiger partial charge is 0.266 e. The average Bonchev–Trinajstić information content (AvgIpc) is 2.35. The Morgan fingerprint density at radius 3 is 2.68 bits per heavy atom. The molecule has 0 bridgehead atoms. The molecule has 100 valence electrons. The Bertz CT molecular complexity index is 754. The Morgan fingerprint density at radius 2 is 2.11 bits per heavy atom. The Morgan fingerprint density at radius 1 is 1.37 bits per heavy atom. The third kappa shape index (κ3) is 3.12. The van der Waals surface area contributed by atoms with Crippen LogP contribution in [0.4, 0.5) is 5.82 Å². The molecule has 0 atom stereocenters. The summed E-state index contributed by atoms with van der Waals surface area (Å²) in [6.45, 7) is 1.84. The second-order valence-corrected chi connectivity index (χ2v) is 5.93. The van der Waals surface area contributed by atoms with E-state index in [1.165, 1.54) is 6.20 Å². The summed E-state index contributed by atoms with van der Waals surface area (Å²) < 4.78 is 26.3. The van der Waals surface area contributed by atoms with E-state index in [9.17, 15) is 13.2 Å². The van der Waals surface area contributed by atoms with Crippen LogP contribution in [0.5, 0.6) is 0 Å². The highest BCUT2D eigenvalue weighted by atomic mass is 35.5. The molecule has 2 N–H and O–H groups in total. The first-order chi connectivity index (χ1) is 8.88. The molecule has 0 aliphatic heterocycles. The molecule has 0 saturated heterocycles. The third-order valence-corrected chi connectivity index (χ3v) is 3.91. The molecule has 6 nitrogen and oxygen atoms in total. The Hall–Kier alpha value is -1.86. The van der Waals surface area contributed by atoms with Crippen LogP contribution in [-0.4, -0.2) is 18.4 Å². The van der Waals surface area contributed by atoms with Crippen LogP contribution in [-0.2, 0) is 10.0 Å². The zero-order valence-corrected chi connectivity index (χ0v) is 11.4. The SMILES string of the molecule is Cc1ccc(NS(=O)(=O)c2c[nH]c(=O)c(Cl)c2)nc1. The summed E-state index contributed by atoms with van der Waals surface area (Å²) in [5, 5.41) is -0.195. The van der Waals surface area contributed by atoms with E-state index in [1.54, 1.807) is 12.1 Å². The van der Waals surface area contributed by atoms with Gasteiger partial charge < -0.3 is 4.98 Å². The number of hydrogen-bond donors (Lipinski definition) is 2. The van der Waals surface area contributed by atoms with Gasteiger partial charge in [-0.1, -0.05) is 17.7 Å². The van der Waals surface area contributed by atoms with Crippen LogP contribution in [0.1, 0.15) is 5.56 Å². The second-order valence-electron chi connectivity index (χ2n) is 3.84. The molecule has 19 heavy (non-hydrogen) atoms. The van der Waals surface area contributed by atoms with Crippen LogP contribution < -0.4 is 10.3 Å². The summed E-state index contributed by atoms with van der Waals surface area (Å²) in [4.78, 5) is 17.1. The van der Waals surface area contributed by atoms with Gasteiger partial charge in [0.2, 0.25) is 0 Å². The number of hydrogen-bond acceptors (Lipinski definition) is 4. The average molecular weight is 300 g/mol. The zero-order chi connectivity index (χ0) is 14.0. The number of rotatable bonds is 3. The van der Waals surface area contributed by atoms with E-state index in [4.69, 9.17) is 11.6 Å². The highest BCUT2D eigenvalue weighted by molar-refractivity contribution is 7.92. The molecule has 2 rings (SSSR count). The molecule has 0 aliphatic carbocycles. The molecular weight excluding hydrogens is 290 g/mol. The zero-order valence-electron chi connectivity index (χ0n) is 9.84. The van der Waals surface area contributed by atoms with Gasteiger partial charge in [-0.25, -0.2) is 13.4 Å². The summed E-state index contributed by atoms with van der Waals surface area (Å²) in [7, 11) is -3.83. The number of nitrogens with one attached hydrogen (secondary N) is 2. The summed E-state index contributed by atoms with van der Waals surface area (Å²) in [6.07, 6.45) is 2.61. The van der Waals surface area contributed by atoms with Crippen molar-refractivity contribution in [1.29, 1.82) is 0 Å². The molecule has 0 radical (unpaired) electrons. The number of pyridine rings is 2. The van der Waals surface area contributed by atoms with Crippen molar-refractivity contribution in [3.8, 4) is 0 Å². The lowest BCUT2D eigenvalue weighted by Gasteiger charge is -2.07. The fourth-order valence-electron chi connectivity index (χ4n) is 1.32. The number of nitrogens with zero attached hydrogens (tertiary/aromatic N) is 1. The van der Waals surface area contributed by atoms with Crippen LogP contribution >= 0.6 is 11.6 Å². The van der Waals surface area contributed by atoms with Crippen molar-refractivity contribution in [2.75, 3.05) is 4.72 Å². The van der Waals surface area contributed by atoms with E-state index in [2.05, 4.69) is 14.7 Å². The first-order valence-electron chi connectivity index (χ1n) is 5.22. The monoisotopic (exact) mass is 299 g/mol. The molecule has 0 fully saturated rings. The lowest BCUT2D eigenvalue weighted by Crippen LogP contribution is -2.16. The molecule has 0 amide bonds. The van der Waals surface area contributed by atoms with Crippen LogP contribution in [0, 0.1) is 6.92 Å². The highest BCUT2D eigenvalue weighted by Crippen LogP contribution is 2.15. The largest absolute Gasteiger partial charge is 0.326 e. The van der Waals surface area contributed by atoms with Crippen molar-refractivity contribution >= 4 is 27.4 Å². The normalized spacial score (nSPS) is 11.3. The van der Waals surface area contributed by atoms with E-state index in [-0.39, 0.29) is 15.7 Å². The van der Waals surface area contributed by atoms with Gasteiger partial charge in [-0.2, -0.15) is 0 Å². The summed E-state index contributed by atoms with van der Waals surface area (Å²) in [5.41, 5.74) is 0.365. The molecule has 0 saturated carbocycles. The Kier molecular flexibility index (Phi) is 3.59. The van der Waals surface area contributed by atoms with Crippen molar-refractivity contribution in [2.45, 2.75) is 11.8 Å². The molecule has 2 aromatic rings. The van der Waals surface area contributed by atoms with Crippen molar-refractivity contribution in [3.63, 3.8) is 0 Å². The third-order valence-electron chi connectivity index (χ3n) is 2.29. The lowest BCUT2D eigenvalue weighted by molar-refractivity contribution is 0.600. The van der Waals surface area contributed by atoms with Gasteiger partial charge >= 0.3 is 0 Å². The van der Waals surface area contributed by atoms with Gasteiger partial charge in [-0.15, -0.1) is 0 Å². The number of halogens is 1. The van der Waals surface area contributed by atoms with Gasteiger partial charge in [0, 0.05) is 12.4 Å². The van der Waals surface area contributed by atoms with Gasteiger partial charge in [0.05, 0.1) is 0 Å². The van der Waals surface area contributed by atoms with Crippen LogP contribution in [0.15, 0.2) is 40.3 Å². The number of aromatic nitrogens is 2. The maximum Gasteiger partial charge on any atom is 0.266 e. The van der Waals surface area contributed by atoms with Crippen LogP contribution in [0.25, 0.3) is 0 Å². The van der Waals surface area contributed by atoms with Gasteiger partial charge in [-0.3, -0.25) is 9.52 Å². The molecular formula is C11H10ClN3O3S. The number of H-pyrrole nitrogens is 1. The van der Waals surface area contributed by atoms with E-state index < -0.39 is 15.6 Å². The number of aromatic amines is 1. The fourth-order valence-corrected chi connectivity index (χ4v) is 2.56. The molecule has 0 aromatic carbocycles. The molecule has 0 spiro atoms. The molecule has 0 aliphatic rings. The van der Waals surface area contributed by atoms with Crippen molar-refractivity contribution in [2.24, 2.45) is 0 Å². The molecule has 2 heterocycles. The Labute approximate surface area is 114 Å². The topological polar surface area (TPSA) is 91.9 Å². The molecule has 8 heteroatoms. The predicted molar refractivity (Wildman–Crippen MR) is 71.9 cm³/mol. The first kappa shape index (κ1) is 13.6. The van der Waals surface area contributed by atoms with E-state index in [1.807, 2.05) is 6.92 Å².